The van der Waals surface area contributed by atoms with Crippen molar-refractivity contribution in [3.63, 3.8) is 0 Å². The lowest BCUT2D eigenvalue weighted by Crippen LogP contribution is -2.07. The van der Waals surface area contributed by atoms with E-state index in [0.29, 0.717) is 23.4 Å². The van der Waals surface area contributed by atoms with Crippen molar-refractivity contribution in [1.29, 1.82) is 0 Å². The van der Waals surface area contributed by atoms with Gasteiger partial charge >= 0.3 is 0 Å². The summed E-state index contributed by atoms with van der Waals surface area (Å²) in [6.45, 7) is 3.63. The Hall–Kier alpha value is -3.46. The Bertz CT molecular complexity index is 1280. The average molecular weight is 461 g/mol. The van der Waals surface area contributed by atoms with Crippen LogP contribution in [-0.2, 0) is 17.0 Å². The average Bonchev–Trinajstić information content (AvgIpc) is 3.40. The summed E-state index contributed by atoms with van der Waals surface area (Å²) in [6, 6.07) is 15.9. The molecule has 0 spiro atoms. The molecule has 168 valence electrons. The molecule has 0 aliphatic heterocycles. The van der Waals surface area contributed by atoms with Crippen LogP contribution in [0.25, 0.3) is 17.1 Å². The third-order valence-electron chi connectivity index (χ3n) is 5.44. The highest BCUT2D eigenvalue weighted by atomic mass is 32.2. The molecule has 0 saturated heterocycles. The number of nitrogens with one attached hydrogen (secondary N) is 1. The maximum Gasteiger partial charge on any atom is 0.237 e. The van der Waals surface area contributed by atoms with Gasteiger partial charge in [-0.15, -0.1) is 10.2 Å². The van der Waals surface area contributed by atoms with Crippen LogP contribution in [0.3, 0.4) is 0 Å². The highest BCUT2D eigenvalue weighted by Gasteiger charge is 2.31. The number of benzene rings is 2. The molecule has 1 aliphatic rings. The number of aromatic nitrogens is 5. The molecule has 8 nitrogen and oxygen atoms in total. The zero-order valence-electron chi connectivity index (χ0n) is 18.5. The zero-order valence-corrected chi connectivity index (χ0v) is 19.3. The number of hydrogen-bond donors (Lipinski definition) is 1. The molecular formula is C24H24N6O2S. The van der Waals surface area contributed by atoms with Crippen LogP contribution < -0.4 is 5.32 Å². The molecule has 0 unspecified atom stereocenters. The molecule has 1 saturated carbocycles. The molecule has 2 aromatic heterocycles. The van der Waals surface area contributed by atoms with Gasteiger partial charge in [-0.3, -0.25) is 9.36 Å². The van der Waals surface area contributed by atoms with Crippen LogP contribution in [0.5, 0.6) is 0 Å². The second-order valence-electron chi connectivity index (χ2n) is 8.03. The summed E-state index contributed by atoms with van der Waals surface area (Å²) in [5.74, 6) is 2.84. The Morgan fingerprint density at radius 3 is 2.73 bits per heavy atom. The van der Waals surface area contributed by atoms with Crippen molar-refractivity contribution in [2.75, 3.05) is 5.32 Å². The van der Waals surface area contributed by atoms with Gasteiger partial charge in [-0.2, -0.15) is 4.98 Å². The second-order valence-corrected chi connectivity index (χ2v) is 8.98. The quantitative estimate of drug-likeness (QED) is 0.369. The molecule has 4 aromatic rings. The fourth-order valence-corrected chi connectivity index (χ4v) is 4.39. The maximum absolute atomic E-state index is 11.5. The van der Waals surface area contributed by atoms with Crippen molar-refractivity contribution in [2.45, 2.75) is 49.9 Å². The Labute approximate surface area is 195 Å². The minimum atomic E-state index is -0.107. The molecule has 33 heavy (non-hydrogen) atoms. The van der Waals surface area contributed by atoms with Gasteiger partial charge < -0.3 is 9.84 Å². The van der Waals surface area contributed by atoms with Gasteiger partial charge in [0.05, 0.1) is 11.4 Å². The van der Waals surface area contributed by atoms with Crippen LogP contribution in [0.1, 0.15) is 49.9 Å². The van der Waals surface area contributed by atoms with Gasteiger partial charge in [0.1, 0.15) is 5.82 Å². The fourth-order valence-electron chi connectivity index (χ4n) is 3.60. The summed E-state index contributed by atoms with van der Waals surface area (Å²) in [7, 11) is 0. The molecule has 0 bridgehead atoms. The maximum atomic E-state index is 11.5. The predicted octanol–water partition coefficient (Wildman–Crippen LogP) is 5.01. The largest absolute Gasteiger partial charge is 0.338 e. The van der Waals surface area contributed by atoms with Crippen LogP contribution in [0.4, 0.5) is 5.69 Å². The summed E-state index contributed by atoms with van der Waals surface area (Å²) in [5.41, 5.74) is 3.85. The van der Waals surface area contributed by atoms with Crippen molar-refractivity contribution >= 4 is 23.4 Å². The first kappa shape index (κ1) is 21.4. The van der Waals surface area contributed by atoms with E-state index in [4.69, 9.17) is 4.52 Å². The van der Waals surface area contributed by atoms with Crippen molar-refractivity contribution in [3.8, 4) is 17.1 Å². The molecule has 2 aromatic carbocycles. The Kier molecular flexibility index (Phi) is 5.95. The molecule has 2 heterocycles. The second kappa shape index (κ2) is 9.19. The number of carbonyl (C=O) groups excluding carboxylic acids is 1. The smallest absolute Gasteiger partial charge is 0.237 e. The number of amides is 1. The number of thioether (sulfide) groups is 1. The lowest BCUT2D eigenvalue weighted by Gasteiger charge is -2.11. The normalized spacial score (nSPS) is 13.3. The van der Waals surface area contributed by atoms with Crippen LogP contribution in [0.15, 0.2) is 58.2 Å². The number of anilines is 1. The lowest BCUT2D eigenvalue weighted by molar-refractivity contribution is -0.114. The van der Waals surface area contributed by atoms with E-state index < -0.39 is 0 Å². The van der Waals surface area contributed by atoms with Crippen LogP contribution >= 0.6 is 11.8 Å². The molecule has 0 atom stereocenters. The van der Waals surface area contributed by atoms with Gasteiger partial charge in [0.15, 0.2) is 5.16 Å². The van der Waals surface area contributed by atoms with Crippen LogP contribution in [-0.4, -0.2) is 30.8 Å². The number of nitrogens with zero attached hydrogens (tertiary/aromatic N) is 5. The summed E-state index contributed by atoms with van der Waals surface area (Å²) in [4.78, 5) is 16.0. The molecule has 1 amide bonds. The molecule has 5 rings (SSSR count). The first-order valence-electron chi connectivity index (χ1n) is 11.0. The third kappa shape index (κ3) is 4.83. The number of rotatable bonds is 8. The molecule has 9 heteroatoms. The Morgan fingerprint density at radius 2 is 2.00 bits per heavy atom. The summed E-state index contributed by atoms with van der Waals surface area (Å²) >= 11 is 1.50. The van der Waals surface area contributed by atoms with Crippen molar-refractivity contribution in [3.05, 3.63) is 65.8 Å². The molecule has 1 aliphatic carbocycles. The first-order valence-corrected chi connectivity index (χ1v) is 12.0. The predicted molar refractivity (Wildman–Crippen MR) is 126 cm³/mol. The molecule has 1 N–H and O–H groups in total. The topological polar surface area (TPSA) is 98.7 Å². The van der Waals surface area contributed by atoms with Gasteiger partial charge in [-0.25, -0.2) is 0 Å². The van der Waals surface area contributed by atoms with E-state index in [1.54, 1.807) is 0 Å². The van der Waals surface area contributed by atoms with E-state index in [1.807, 2.05) is 36.4 Å². The Morgan fingerprint density at radius 1 is 1.18 bits per heavy atom. The highest BCUT2D eigenvalue weighted by Crippen LogP contribution is 2.41. The van der Waals surface area contributed by atoms with Gasteiger partial charge in [-0.1, -0.05) is 54.2 Å². The minimum Gasteiger partial charge on any atom is -0.338 e. The fraction of sp³-hybridized carbons (Fsp3) is 0.292. The number of aryl methyl sites for hydroxylation is 1. The number of carbonyl (C=O) groups is 1. The molecule has 1 fully saturated rings. The van der Waals surface area contributed by atoms with E-state index in [-0.39, 0.29) is 5.91 Å². The molecule has 0 radical (unpaired) electrons. The monoisotopic (exact) mass is 460 g/mol. The van der Waals surface area contributed by atoms with Crippen LogP contribution in [0, 0.1) is 0 Å². The van der Waals surface area contributed by atoms with E-state index in [2.05, 4.69) is 49.3 Å². The van der Waals surface area contributed by atoms with Crippen LogP contribution in [0.2, 0.25) is 0 Å². The summed E-state index contributed by atoms with van der Waals surface area (Å²) < 4.78 is 7.55. The van der Waals surface area contributed by atoms with E-state index in [0.717, 1.165) is 47.2 Å². The van der Waals surface area contributed by atoms with Gasteiger partial charge in [0.2, 0.25) is 17.6 Å². The van der Waals surface area contributed by atoms with Gasteiger partial charge in [0, 0.05) is 24.1 Å². The van der Waals surface area contributed by atoms with E-state index >= 15 is 0 Å². The van der Waals surface area contributed by atoms with E-state index in [1.165, 1.54) is 24.2 Å². The third-order valence-corrected chi connectivity index (χ3v) is 6.35. The van der Waals surface area contributed by atoms with Crippen molar-refractivity contribution < 1.29 is 9.32 Å². The van der Waals surface area contributed by atoms with Crippen molar-refractivity contribution in [1.82, 2.24) is 24.9 Å². The summed E-state index contributed by atoms with van der Waals surface area (Å²) in [5, 5.41) is 16.6. The lowest BCUT2D eigenvalue weighted by atomic mass is 10.1. The SMILES string of the molecule is CCc1ccc(-c2noc(CSc3nnc(C4CC4)n3-c3cccc(NC(C)=O)c3)n2)cc1. The minimum absolute atomic E-state index is 0.107. The van der Waals surface area contributed by atoms with Gasteiger partial charge in [-0.05, 0) is 43.0 Å². The zero-order chi connectivity index (χ0) is 22.8. The van der Waals surface area contributed by atoms with Gasteiger partial charge in [0.25, 0.3) is 0 Å². The standard InChI is InChI=1S/C24H24N6O2S/c1-3-16-7-9-17(10-8-16)22-26-21(32-29-22)14-33-24-28-27-23(18-11-12-18)30(24)20-6-4-5-19(13-20)25-15(2)31/h4-10,13,18H,3,11-12,14H2,1-2H3,(H,25,31). The van der Waals surface area contributed by atoms with E-state index in [9.17, 15) is 4.79 Å². The van der Waals surface area contributed by atoms with Crippen molar-refractivity contribution in [2.24, 2.45) is 0 Å². The highest BCUT2D eigenvalue weighted by molar-refractivity contribution is 7.98. The first-order chi connectivity index (χ1) is 16.1. The summed E-state index contributed by atoms with van der Waals surface area (Å²) in [6.07, 6.45) is 3.21. The Balaban J connectivity index is 1.37. The molecular weight excluding hydrogens is 436 g/mol. The number of hydrogen-bond acceptors (Lipinski definition) is 7.